The number of H-pyrrole nitrogens is 1. The van der Waals surface area contributed by atoms with E-state index in [1.165, 1.54) is 19.2 Å². The predicted octanol–water partition coefficient (Wildman–Crippen LogP) is 6.40. The quantitative estimate of drug-likeness (QED) is 0.362. The molecule has 2 aromatic carbocycles. The fraction of sp³-hybridized carbons (Fsp3) is 0.130. The third kappa shape index (κ3) is 4.86. The van der Waals surface area contributed by atoms with Crippen LogP contribution in [0.4, 0.5) is 13.2 Å². The summed E-state index contributed by atoms with van der Waals surface area (Å²) in [5.41, 5.74) is 1.85. The summed E-state index contributed by atoms with van der Waals surface area (Å²) in [6.07, 6.45) is -1.16. The smallest absolute Gasteiger partial charge is 0.416 e. The summed E-state index contributed by atoms with van der Waals surface area (Å²) in [6.45, 7) is 0.264. The van der Waals surface area contributed by atoms with Gasteiger partial charge in [-0.05, 0) is 36.4 Å². The second kappa shape index (κ2) is 8.92. The van der Waals surface area contributed by atoms with Gasteiger partial charge in [-0.3, -0.25) is 4.98 Å². The zero-order valence-corrected chi connectivity index (χ0v) is 17.5. The molecule has 0 saturated heterocycles. The summed E-state index contributed by atoms with van der Waals surface area (Å²) in [4.78, 5) is 11.7. The van der Waals surface area contributed by atoms with Crippen molar-refractivity contribution in [2.75, 3.05) is 7.11 Å². The van der Waals surface area contributed by atoms with E-state index < -0.39 is 11.7 Å². The number of pyridine rings is 1. The number of nitrogens with zero attached hydrogens (tertiary/aromatic N) is 2. The molecule has 0 aliphatic heterocycles. The molecule has 0 unspecified atom stereocenters. The van der Waals surface area contributed by atoms with Crippen LogP contribution in [0.15, 0.2) is 67.0 Å². The first-order valence-corrected chi connectivity index (χ1v) is 9.86. The van der Waals surface area contributed by atoms with Gasteiger partial charge in [0.15, 0.2) is 0 Å². The summed E-state index contributed by atoms with van der Waals surface area (Å²) in [6, 6.07) is 13.6. The van der Waals surface area contributed by atoms with Crippen LogP contribution >= 0.6 is 11.6 Å². The van der Waals surface area contributed by atoms with Gasteiger partial charge in [0, 0.05) is 29.6 Å². The molecule has 0 radical (unpaired) electrons. The van der Waals surface area contributed by atoms with Crippen LogP contribution in [-0.4, -0.2) is 22.1 Å². The fourth-order valence-corrected chi connectivity index (χ4v) is 3.16. The van der Waals surface area contributed by atoms with Crippen LogP contribution in [-0.2, 0) is 12.8 Å². The molecule has 2 aromatic heterocycles. The lowest BCUT2D eigenvalue weighted by Crippen LogP contribution is -2.04. The maximum absolute atomic E-state index is 12.8. The molecule has 5 nitrogen and oxygen atoms in total. The molecular formula is C23H17ClF3N3O2. The Kier molecular flexibility index (Phi) is 6.05. The molecule has 4 aromatic rings. The third-order valence-corrected chi connectivity index (χ3v) is 4.91. The molecule has 0 spiro atoms. The number of hydrogen-bond donors (Lipinski definition) is 1. The summed E-state index contributed by atoms with van der Waals surface area (Å²) < 4.78 is 49.6. The highest BCUT2D eigenvalue weighted by Crippen LogP contribution is 2.34. The fourth-order valence-electron chi connectivity index (χ4n) is 3.05. The van der Waals surface area contributed by atoms with E-state index in [0.29, 0.717) is 39.2 Å². The normalized spacial score (nSPS) is 11.4. The Labute approximate surface area is 186 Å². The highest BCUT2D eigenvalue weighted by Gasteiger charge is 2.30. The van der Waals surface area contributed by atoms with E-state index in [1.807, 2.05) is 0 Å². The van der Waals surface area contributed by atoms with Crippen molar-refractivity contribution < 1.29 is 22.6 Å². The van der Waals surface area contributed by atoms with Crippen LogP contribution in [0.2, 0.25) is 5.02 Å². The van der Waals surface area contributed by atoms with Crippen LogP contribution in [0.3, 0.4) is 0 Å². The number of nitrogens with one attached hydrogen (secondary N) is 1. The van der Waals surface area contributed by atoms with Gasteiger partial charge in [-0.2, -0.15) is 13.2 Å². The number of benzene rings is 2. The first-order valence-electron chi connectivity index (χ1n) is 9.48. The van der Waals surface area contributed by atoms with E-state index in [0.717, 1.165) is 17.8 Å². The molecule has 0 aliphatic carbocycles. The first kappa shape index (κ1) is 21.7. The van der Waals surface area contributed by atoms with Crippen LogP contribution in [0.25, 0.3) is 22.6 Å². The van der Waals surface area contributed by atoms with Crippen LogP contribution in [0.1, 0.15) is 11.3 Å². The minimum absolute atomic E-state index is 0.264. The summed E-state index contributed by atoms with van der Waals surface area (Å²) in [5.74, 6) is 1.57. The molecule has 0 amide bonds. The lowest BCUT2D eigenvalue weighted by molar-refractivity contribution is -0.137. The third-order valence-electron chi connectivity index (χ3n) is 4.69. The number of halogens is 4. The van der Waals surface area contributed by atoms with Crippen molar-refractivity contribution in [3.63, 3.8) is 0 Å². The van der Waals surface area contributed by atoms with Gasteiger partial charge in [0.2, 0.25) is 0 Å². The van der Waals surface area contributed by atoms with Gasteiger partial charge in [0.1, 0.15) is 23.9 Å². The second-order valence-corrected chi connectivity index (χ2v) is 7.26. The molecule has 0 fully saturated rings. The van der Waals surface area contributed by atoms with Crippen molar-refractivity contribution in [3.05, 3.63) is 83.3 Å². The number of aromatic amines is 1. The molecule has 1 N–H and O–H groups in total. The van der Waals surface area contributed by atoms with Gasteiger partial charge in [0.25, 0.3) is 0 Å². The van der Waals surface area contributed by atoms with E-state index in [9.17, 15) is 13.2 Å². The molecule has 164 valence electrons. The molecule has 9 heteroatoms. The lowest BCUT2D eigenvalue weighted by atomic mass is 10.1. The Morgan fingerprint density at radius 2 is 1.81 bits per heavy atom. The van der Waals surface area contributed by atoms with Crippen molar-refractivity contribution in [1.82, 2.24) is 15.0 Å². The number of hydrogen-bond acceptors (Lipinski definition) is 4. The van der Waals surface area contributed by atoms with Gasteiger partial charge < -0.3 is 14.5 Å². The van der Waals surface area contributed by atoms with Gasteiger partial charge in [-0.15, -0.1) is 0 Å². The molecule has 4 rings (SSSR count). The number of alkyl halides is 3. The average Bonchev–Trinajstić information content (AvgIpc) is 3.28. The van der Waals surface area contributed by atoms with Crippen LogP contribution in [0, 0.1) is 0 Å². The predicted molar refractivity (Wildman–Crippen MR) is 115 cm³/mol. The number of rotatable bonds is 6. The number of ether oxygens (including phenoxy) is 2. The summed E-state index contributed by atoms with van der Waals surface area (Å²) in [5, 5.41) is 0.550. The number of aromatic nitrogens is 3. The van der Waals surface area contributed by atoms with Gasteiger partial charge in [0.05, 0.1) is 29.1 Å². The Hall–Kier alpha value is -3.52. The van der Waals surface area contributed by atoms with Crippen molar-refractivity contribution in [1.29, 1.82) is 0 Å². The highest BCUT2D eigenvalue weighted by molar-refractivity contribution is 6.30. The van der Waals surface area contributed by atoms with E-state index in [1.54, 1.807) is 42.7 Å². The zero-order valence-electron chi connectivity index (χ0n) is 16.8. The SMILES string of the molecule is COc1cc(OCc2ccc(Cl)cn2)ccc1-c1c[nH]c(-c2ccc(C(F)(F)F)cc2)n1. The Morgan fingerprint density at radius 1 is 1.03 bits per heavy atom. The van der Waals surface area contributed by atoms with Crippen molar-refractivity contribution in [2.24, 2.45) is 0 Å². The Bertz CT molecular complexity index is 1210. The maximum atomic E-state index is 12.8. The van der Waals surface area contributed by atoms with Crippen molar-refractivity contribution in [3.8, 4) is 34.1 Å². The lowest BCUT2D eigenvalue weighted by Gasteiger charge is -2.10. The monoisotopic (exact) mass is 459 g/mol. The van der Waals surface area contributed by atoms with Crippen molar-refractivity contribution >= 4 is 11.6 Å². The molecule has 2 heterocycles. The minimum atomic E-state index is -4.38. The second-order valence-electron chi connectivity index (χ2n) is 6.83. The molecule has 0 bridgehead atoms. The van der Waals surface area contributed by atoms with Crippen molar-refractivity contribution in [2.45, 2.75) is 12.8 Å². The molecule has 32 heavy (non-hydrogen) atoms. The van der Waals surface area contributed by atoms with E-state index in [4.69, 9.17) is 21.1 Å². The van der Waals surface area contributed by atoms with E-state index in [2.05, 4.69) is 15.0 Å². The van der Waals surface area contributed by atoms with E-state index in [-0.39, 0.29) is 6.61 Å². The molecule has 0 saturated carbocycles. The highest BCUT2D eigenvalue weighted by atomic mass is 35.5. The van der Waals surface area contributed by atoms with Gasteiger partial charge >= 0.3 is 6.18 Å². The summed E-state index contributed by atoms with van der Waals surface area (Å²) in [7, 11) is 1.53. The summed E-state index contributed by atoms with van der Waals surface area (Å²) >= 11 is 5.84. The van der Waals surface area contributed by atoms with Gasteiger partial charge in [-0.1, -0.05) is 23.7 Å². The minimum Gasteiger partial charge on any atom is -0.496 e. The molecular weight excluding hydrogens is 443 g/mol. The maximum Gasteiger partial charge on any atom is 0.416 e. The topological polar surface area (TPSA) is 60.0 Å². The largest absolute Gasteiger partial charge is 0.496 e. The number of imidazole rings is 1. The average molecular weight is 460 g/mol. The zero-order chi connectivity index (χ0) is 22.7. The van der Waals surface area contributed by atoms with Crippen LogP contribution < -0.4 is 9.47 Å². The van der Waals surface area contributed by atoms with E-state index >= 15 is 0 Å². The standard InChI is InChI=1S/C23H17ClF3N3O2/c1-31-21-10-18(32-13-17-7-6-16(24)11-28-17)8-9-19(21)20-12-29-22(30-20)14-2-4-15(5-3-14)23(25,26)27/h2-12H,13H2,1H3,(H,29,30). The first-order chi connectivity index (χ1) is 15.3. The number of methoxy groups -OCH3 is 1. The Balaban J connectivity index is 1.52. The Morgan fingerprint density at radius 3 is 2.47 bits per heavy atom. The van der Waals surface area contributed by atoms with Gasteiger partial charge in [-0.25, -0.2) is 4.98 Å². The molecule has 0 aliphatic rings. The van der Waals surface area contributed by atoms with Crippen LogP contribution in [0.5, 0.6) is 11.5 Å². The molecule has 0 atom stereocenters.